The SMILES string of the molecule is CCc1ccc(C(=O)NCCCCC(NC(=O)C(Cc2ccc(C(F)(F)P(=O)(O)O)cc2)NC(=O)C(Cc2ccccc2)NC(=O)COC2CC(C)CCC2C(C)C)C(=O)NCCOCCC(=O)Nc2cccc3c2CN(C2CCC(=O)NC2=O)C3=O)cc1. The number of ether oxygens (including phenoxy) is 2. The third kappa shape index (κ3) is 19.4. The van der Waals surface area contributed by atoms with Crippen LogP contribution < -0.4 is 37.2 Å². The third-order valence-electron chi connectivity index (χ3n) is 16.4. The van der Waals surface area contributed by atoms with Gasteiger partial charge in [0.2, 0.25) is 41.4 Å². The monoisotopic (exact) mass is 1250 g/mol. The summed E-state index contributed by atoms with van der Waals surface area (Å²) in [5, 5.41) is 18.9. The molecule has 0 aromatic heterocycles. The Bertz CT molecular complexity index is 3200. The summed E-state index contributed by atoms with van der Waals surface area (Å²) < 4.78 is 53.3. The number of rotatable bonds is 31. The number of aryl methyl sites for hydroxylation is 1. The predicted molar refractivity (Wildman–Crippen MR) is 325 cm³/mol. The fraction of sp³-hybridized carbons (Fsp3) is 0.484. The smallest absolute Gasteiger partial charge is 0.379 e. The van der Waals surface area contributed by atoms with Crippen LogP contribution in [0.3, 0.4) is 0 Å². The van der Waals surface area contributed by atoms with Gasteiger partial charge in [0.25, 0.3) is 11.8 Å². The van der Waals surface area contributed by atoms with Crippen LogP contribution in [0.15, 0.2) is 97.1 Å². The standard InChI is InChI=1S/C64H81F2N8O14P/c1-5-41-18-22-44(23-19-41)58(78)67-30-10-9-15-50(59(79)68-31-33-87-32-29-56(76)69-49-16-11-14-47-48(49)37-74(63(47)83)53-27-28-55(75)73-62(53)82)71-61(81)52(36-43-20-24-45(25-21-43)64(65,66)89(84,85)86)72-60(80)51(35-42-12-7-6-8-13-42)70-57(77)38-88-54-34-40(4)17-26-46(54)39(2)3/h6-8,11-14,16,18-25,39-40,46,50-54H,5,9-10,15,17,26-38H2,1-4H3,(H,67,78)(H,68,79)(H,69,76)(H,70,77)(H,71,81)(H,72,80)(H,73,75,82)(H2,84,85,86). The zero-order valence-corrected chi connectivity index (χ0v) is 51.4. The summed E-state index contributed by atoms with van der Waals surface area (Å²) in [6, 6.07) is 19.6. The molecule has 7 rings (SSSR count). The number of benzene rings is 4. The first-order chi connectivity index (χ1) is 42.4. The van der Waals surface area contributed by atoms with E-state index in [9.17, 15) is 66.3 Å². The molecule has 22 nitrogen and oxygen atoms in total. The molecule has 0 bridgehead atoms. The zero-order chi connectivity index (χ0) is 64.4. The predicted octanol–water partition coefficient (Wildman–Crippen LogP) is 5.72. The van der Waals surface area contributed by atoms with E-state index in [0.29, 0.717) is 46.2 Å². The Kier molecular flexibility index (Phi) is 24.8. The second-order valence-electron chi connectivity index (χ2n) is 23.3. The number of hydrogen-bond acceptors (Lipinski definition) is 12. The van der Waals surface area contributed by atoms with Crippen LogP contribution in [0.5, 0.6) is 0 Å². The number of fused-ring (bicyclic) bond motifs is 1. The van der Waals surface area contributed by atoms with Crippen LogP contribution in [-0.2, 0) is 79.1 Å². The van der Waals surface area contributed by atoms with Crippen molar-refractivity contribution >= 4 is 66.4 Å². The molecule has 4 aromatic carbocycles. The van der Waals surface area contributed by atoms with E-state index < -0.39 is 96.7 Å². The van der Waals surface area contributed by atoms with Gasteiger partial charge in [0.05, 0.1) is 25.7 Å². The van der Waals surface area contributed by atoms with Crippen LogP contribution in [0.4, 0.5) is 14.5 Å². The maximum absolute atomic E-state index is 14.8. The number of hydrogen-bond donors (Lipinski definition) is 9. The van der Waals surface area contributed by atoms with Gasteiger partial charge in [-0.1, -0.05) is 107 Å². The number of unbranched alkanes of at least 4 members (excludes halogenated alkanes) is 1. The van der Waals surface area contributed by atoms with Crippen LogP contribution >= 0.6 is 7.60 Å². The van der Waals surface area contributed by atoms with Gasteiger partial charge in [0.1, 0.15) is 30.8 Å². The van der Waals surface area contributed by atoms with Crippen molar-refractivity contribution in [2.45, 2.75) is 147 Å². The Morgan fingerprint density at radius 2 is 1.40 bits per heavy atom. The molecule has 7 unspecified atom stereocenters. The lowest BCUT2D eigenvalue weighted by Gasteiger charge is -2.37. The van der Waals surface area contributed by atoms with Crippen LogP contribution in [0.1, 0.15) is 134 Å². The number of piperidine rings is 1. The van der Waals surface area contributed by atoms with E-state index in [2.05, 4.69) is 58.0 Å². The highest BCUT2D eigenvalue weighted by atomic mass is 31.2. The molecule has 25 heteroatoms. The molecule has 89 heavy (non-hydrogen) atoms. The van der Waals surface area contributed by atoms with Gasteiger partial charge in [-0.05, 0) is 104 Å². The van der Waals surface area contributed by atoms with Crippen molar-refractivity contribution in [2.75, 3.05) is 38.2 Å². The minimum atomic E-state index is -5.95. The average Bonchev–Trinajstić information content (AvgIpc) is 1.74. The van der Waals surface area contributed by atoms with Crippen LogP contribution in [0.25, 0.3) is 0 Å². The Morgan fingerprint density at radius 1 is 0.742 bits per heavy atom. The molecule has 7 atom stereocenters. The van der Waals surface area contributed by atoms with E-state index in [4.69, 9.17) is 9.47 Å². The molecule has 3 aliphatic rings. The minimum Gasteiger partial charge on any atom is -0.379 e. The van der Waals surface area contributed by atoms with Crippen molar-refractivity contribution in [3.63, 3.8) is 0 Å². The summed E-state index contributed by atoms with van der Waals surface area (Å²) in [7, 11) is -5.95. The minimum absolute atomic E-state index is 0.0106. The van der Waals surface area contributed by atoms with Crippen LogP contribution in [-0.4, -0.2) is 131 Å². The number of carbonyl (C=O) groups is 9. The molecule has 4 aromatic rings. The third-order valence-corrected chi connectivity index (χ3v) is 17.4. The molecule has 2 heterocycles. The normalized spacial score (nSPS) is 18.7. The lowest BCUT2D eigenvalue weighted by molar-refractivity contribution is -0.137. The van der Waals surface area contributed by atoms with Gasteiger partial charge >= 0.3 is 13.3 Å². The number of imide groups is 1. The van der Waals surface area contributed by atoms with E-state index >= 15 is 0 Å². The molecule has 1 saturated carbocycles. The van der Waals surface area contributed by atoms with Gasteiger partial charge in [-0.25, -0.2) is 0 Å². The summed E-state index contributed by atoms with van der Waals surface area (Å²) in [5.74, 6) is -4.21. The van der Waals surface area contributed by atoms with Gasteiger partial charge < -0.3 is 56.1 Å². The molecule has 0 spiro atoms. The van der Waals surface area contributed by atoms with Crippen molar-refractivity contribution in [3.8, 4) is 0 Å². The number of nitrogens with zero attached hydrogens (tertiary/aromatic N) is 1. The number of nitrogens with one attached hydrogen (secondary N) is 7. The first-order valence-corrected chi connectivity index (χ1v) is 31.9. The fourth-order valence-corrected chi connectivity index (χ4v) is 11.8. The first-order valence-electron chi connectivity index (χ1n) is 30.3. The van der Waals surface area contributed by atoms with E-state index in [0.717, 1.165) is 55.5 Å². The number of alkyl halides is 2. The Hall–Kier alpha value is -7.76. The fourth-order valence-electron chi connectivity index (χ4n) is 11.3. The zero-order valence-electron chi connectivity index (χ0n) is 50.5. The summed E-state index contributed by atoms with van der Waals surface area (Å²) in [4.78, 5) is 141. The topological polar surface area (TPSA) is 317 Å². The lowest BCUT2D eigenvalue weighted by atomic mass is 9.75. The van der Waals surface area contributed by atoms with Crippen molar-refractivity contribution in [1.82, 2.24) is 36.8 Å². The quantitative estimate of drug-likeness (QED) is 0.0166. The Morgan fingerprint density at radius 3 is 2.07 bits per heavy atom. The lowest BCUT2D eigenvalue weighted by Crippen LogP contribution is -2.58. The highest BCUT2D eigenvalue weighted by Crippen LogP contribution is 2.59. The molecule has 1 aliphatic carbocycles. The number of halogens is 2. The molecular formula is C64H81F2N8O14P. The Balaban J connectivity index is 1.03. The van der Waals surface area contributed by atoms with E-state index in [1.165, 1.54) is 4.90 Å². The van der Waals surface area contributed by atoms with Crippen molar-refractivity contribution < 1.29 is 75.8 Å². The summed E-state index contributed by atoms with van der Waals surface area (Å²) in [6.45, 7) is 7.97. The first kappa shape index (κ1) is 68.7. The second kappa shape index (κ2) is 32.1. The second-order valence-corrected chi connectivity index (χ2v) is 25.0. The van der Waals surface area contributed by atoms with Crippen molar-refractivity contribution in [2.24, 2.45) is 17.8 Å². The van der Waals surface area contributed by atoms with Gasteiger partial charge in [-0.15, -0.1) is 0 Å². The molecular weight excluding hydrogens is 1170 g/mol. The van der Waals surface area contributed by atoms with Crippen molar-refractivity contribution in [3.05, 3.63) is 136 Å². The Labute approximate surface area is 516 Å². The summed E-state index contributed by atoms with van der Waals surface area (Å²) in [6.07, 6.45) is 3.70. The maximum atomic E-state index is 14.8. The van der Waals surface area contributed by atoms with Crippen LogP contribution in [0.2, 0.25) is 0 Å². The average molecular weight is 1260 g/mol. The largest absolute Gasteiger partial charge is 0.399 e. The van der Waals surface area contributed by atoms with E-state index in [1.54, 1.807) is 60.7 Å². The molecule has 2 fully saturated rings. The molecule has 9 amide bonds. The molecule has 1 saturated heterocycles. The summed E-state index contributed by atoms with van der Waals surface area (Å²) >= 11 is 0. The van der Waals surface area contributed by atoms with Gasteiger partial charge in [-0.2, -0.15) is 8.78 Å². The van der Waals surface area contributed by atoms with Crippen LogP contribution in [0, 0.1) is 17.8 Å². The maximum Gasteiger partial charge on any atom is 0.399 e. The van der Waals surface area contributed by atoms with Gasteiger partial charge in [0.15, 0.2) is 0 Å². The van der Waals surface area contributed by atoms with E-state index in [-0.39, 0.29) is 101 Å². The molecule has 480 valence electrons. The molecule has 0 radical (unpaired) electrons. The summed E-state index contributed by atoms with van der Waals surface area (Å²) in [5.41, 5.74) is -2.01. The number of anilines is 1. The van der Waals surface area contributed by atoms with E-state index in [1.807, 2.05) is 19.1 Å². The molecule has 2 aliphatic heterocycles. The van der Waals surface area contributed by atoms with Crippen molar-refractivity contribution in [1.29, 1.82) is 0 Å². The number of amides is 9. The highest BCUT2D eigenvalue weighted by Gasteiger charge is 2.50. The highest BCUT2D eigenvalue weighted by molar-refractivity contribution is 7.52. The van der Waals surface area contributed by atoms with Gasteiger partial charge in [-0.3, -0.25) is 53.0 Å². The van der Waals surface area contributed by atoms with Gasteiger partial charge in [0, 0.05) is 66.8 Å². The number of carbonyl (C=O) groups excluding carboxylic acids is 9. The molecule has 9 N–H and O–H groups in total.